The Morgan fingerprint density at radius 2 is 1.60 bits per heavy atom. The quantitative estimate of drug-likeness (QED) is 0.595. The van der Waals surface area contributed by atoms with E-state index in [2.05, 4.69) is 23.5 Å². The maximum atomic E-state index is 12.5. The standard InChI is InChI=1S/C26H24N2O2/c1-18(29)27-24-17-26-23(15-22(24)14-13-20-9-5-3-6-10-20)16-25(28(26)19(2)30)21-11-7-4-8-12-21/h3-15,17,25H,16H2,1-2H3,(H,27,29)/b14-13+/t25-/m0/s1. The zero-order chi connectivity index (χ0) is 21.1. The Hall–Kier alpha value is -3.66. The molecule has 0 bridgehead atoms. The fourth-order valence-corrected chi connectivity index (χ4v) is 4.02. The molecule has 3 aromatic rings. The van der Waals surface area contributed by atoms with Crippen LogP contribution in [0.25, 0.3) is 12.2 Å². The van der Waals surface area contributed by atoms with E-state index in [1.165, 1.54) is 6.92 Å². The largest absolute Gasteiger partial charge is 0.326 e. The van der Waals surface area contributed by atoms with Crippen LogP contribution in [0.2, 0.25) is 0 Å². The second-order valence-corrected chi connectivity index (χ2v) is 7.51. The molecule has 30 heavy (non-hydrogen) atoms. The number of nitrogens with one attached hydrogen (secondary N) is 1. The van der Waals surface area contributed by atoms with Gasteiger partial charge in [0.25, 0.3) is 0 Å². The van der Waals surface area contributed by atoms with Crippen molar-refractivity contribution >= 4 is 35.3 Å². The second-order valence-electron chi connectivity index (χ2n) is 7.51. The lowest BCUT2D eigenvalue weighted by Crippen LogP contribution is -2.29. The summed E-state index contributed by atoms with van der Waals surface area (Å²) in [5, 5.41) is 2.93. The highest BCUT2D eigenvalue weighted by Crippen LogP contribution is 2.43. The Bertz CT molecular complexity index is 1100. The maximum absolute atomic E-state index is 12.5. The minimum atomic E-state index is -0.142. The van der Waals surface area contributed by atoms with E-state index in [0.29, 0.717) is 5.69 Å². The molecule has 4 heteroatoms. The molecule has 0 unspecified atom stereocenters. The van der Waals surface area contributed by atoms with Gasteiger partial charge in [0.2, 0.25) is 11.8 Å². The predicted molar refractivity (Wildman–Crippen MR) is 122 cm³/mol. The van der Waals surface area contributed by atoms with Crippen LogP contribution in [-0.4, -0.2) is 11.8 Å². The molecule has 0 saturated heterocycles. The summed E-state index contributed by atoms with van der Waals surface area (Å²) in [5.74, 6) is -0.153. The van der Waals surface area contributed by atoms with E-state index in [0.717, 1.165) is 34.4 Å². The molecule has 150 valence electrons. The second kappa shape index (κ2) is 8.37. The number of fused-ring (bicyclic) bond motifs is 1. The van der Waals surface area contributed by atoms with Crippen LogP contribution in [0.1, 0.15) is 42.1 Å². The van der Waals surface area contributed by atoms with E-state index in [4.69, 9.17) is 0 Å². The van der Waals surface area contributed by atoms with Crippen molar-refractivity contribution in [1.29, 1.82) is 0 Å². The van der Waals surface area contributed by atoms with Crippen LogP contribution in [0.15, 0.2) is 72.8 Å². The minimum Gasteiger partial charge on any atom is -0.326 e. The summed E-state index contributed by atoms with van der Waals surface area (Å²) in [6.07, 6.45) is 4.78. The molecule has 1 heterocycles. The summed E-state index contributed by atoms with van der Waals surface area (Å²) in [6.45, 7) is 3.08. The van der Waals surface area contributed by atoms with Crippen molar-refractivity contribution in [1.82, 2.24) is 0 Å². The molecule has 0 aliphatic carbocycles. The summed E-state index contributed by atoms with van der Waals surface area (Å²) >= 11 is 0. The molecular formula is C26H24N2O2. The van der Waals surface area contributed by atoms with Crippen LogP contribution in [0.5, 0.6) is 0 Å². The number of hydrogen-bond donors (Lipinski definition) is 1. The first-order chi connectivity index (χ1) is 14.5. The molecule has 4 rings (SSSR count). The molecule has 1 aliphatic heterocycles. The van der Waals surface area contributed by atoms with E-state index < -0.39 is 0 Å². The summed E-state index contributed by atoms with van der Waals surface area (Å²) in [7, 11) is 0. The fraction of sp³-hybridized carbons (Fsp3) is 0.154. The van der Waals surface area contributed by atoms with Crippen LogP contribution in [-0.2, 0) is 16.0 Å². The van der Waals surface area contributed by atoms with E-state index >= 15 is 0 Å². The average molecular weight is 396 g/mol. The van der Waals surface area contributed by atoms with Gasteiger partial charge in [-0.3, -0.25) is 9.59 Å². The molecule has 1 N–H and O–H groups in total. The van der Waals surface area contributed by atoms with Gasteiger partial charge in [-0.1, -0.05) is 72.8 Å². The van der Waals surface area contributed by atoms with E-state index in [9.17, 15) is 9.59 Å². The maximum Gasteiger partial charge on any atom is 0.224 e. The molecule has 0 radical (unpaired) electrons. The van der Waals surface area contributed by atoms with Gasteiger partial charge in [-0.25, -0.2) is 0 Å². The molecule has 1 atom stereocenters. The zero-order valence-corrected chi connectivity index (χ0v) is 17.1. The summed E-state index contributed by atoms with van der Waals surface area (Å²) < 4.78 is 0. The Morgan fingerprint density at radius 3 is 2.23 bits per heavy atom. The van der Waals surface area contributed by atoms with Crippen molar-refractivity contribution < 1.29 is 9.59 Å². The topological polar surface area (TPSA) is 49.4 Å². The Labute approximate surface area is 176 Å². The minimum absolute atomic E-state index is 0.0102. The number of carbonyl (C=O) groups excluding carboxylic acids is 2. The van der Waals surface area contributed by atoms with Gasteiger partial charge < -0.3 is 10.2 Å². The molecule has 0 aromatic heterocycles. The third kappa shape index (κ3) is 4.03. The van der Waals surface area contributed by atoms with E-state index in [1.54, 1.807) is 6.92 Å². The Morgan fingerprint density at radius 1 is 0.933 bits per heavy atom. The van der Waals surface area contributed by atoms with Gasteiger partial charge in [-0.05, 0) is 40.8 Å². The van der Waals surface area contributed by atoms with Crippen molar-refractivity contribution in [2.24, 2.45) is 0 Å². The molecule has 1 aliphatic rings. The summed E-state index contributed by atoms with van der Waals surface area (Å²) in [5.41, 5.74) is 5.77. The molecule has 3 aromatic carbocycles. The third-order valence-corrected chi connectivity index (χ3v) is 5.32. The van der Waals surface area contributed by atoms with Crippen molar-refractivity contribution in [3.05, 3.63) is 95.1 Å². The highest BCUT2D eigenvalue weighted by Gasteiger charge is 2.33. The van der Waals surface area contributed by atoms with Crippen molar-refractivity contribution in [2.75, 3.05) is 10.2 Å². The van der Waals surface area contributed by atoms with Gasteiger partial charge in [-0.2, -0.15) is 0 Å². The zero-order valence-electron chi connectivity index (χ0n) is 17.1. The van der Waals surface area contributed by atoms with Crippen LogP contribution in [0.4, 0.5) is 11.4 Å². The molecule has 0 fully saturated rings. The van der Waals surface area contributed by atoms with E-state index in [1.807, 2.05) is 71.6 Å². The Kier molecular flexibility index (Phi) is 5.48. The number of carbonyl (C=O) groups is 2. The monoisotopic (exact) mass is 396 g/mol. The normalized spacial score (nSPS) is 15.3. The van der Waals surface area contributed by atoms with Crippen LogP contribution in [0.3, 0.4) is 0 Å². The molecule has 4 nitrogen and oxygen atoms in total. The SMILES string of the molecule is CC(=O)Nc1cc2c(cc1/C=C/c1ccccc1)C[C@@H](c1ccccc1)N2C(C)=O. The van der Waals surface area contributed by atoms with Gasteiger partial charge in [0.1, 0.15) is 0 Å². The van der Waals surface area contributed by atoms with Crippen molar-refractivity contribution in [3.63, 3.8) is 0 Å². The number of rotatable bonds is 4. The molecule has 2 amide bonds. The highest BCUT2D eigenvalue weighted by molar-refractivity contribution is 5.99. The number of nitrogens with zero attached hydrogens (tertiary/aromatic N) is 1. The smallest absolute Gasteiger partial charge is 0.224 e. The summed E-state index contributed by atoms with van der Waals surface area (Å²) in [4.78, 5) is 26.2. The van der Waals surface area contributed by atoms with Gasteiger partial charge >= 0.3 is 0 Å². The van der Waals surface area contributed by atoms with Gasteiger partial charge in [0, 0.05) is 19.5 Å². The third-order valence-electron chi connectivity index (χ3n) is 5.32. The highest BCUT2D eigenvalue weighted by atomic mass is 16.2. The first kappa shape index (κ1) is 19.6. The molecule has 0 saturated carbocycles. The first-order valence-corrected chi connectivity index (χ1v) is 10.1. The van der Waals surface area contributed by atoms with Crippen LogP contribution >= 0.6 is 0 Å². The lowest BCUT2D eigenvalue weighted by atomic mass is 10.0. The number of anilines is 2. The first-order valence-electron chi connectivity index (χ1n) is 10.1. The molecule has 0 spiro atoms. The number of amides is 2. The van der Waals surface area contributed by atoms with Crippen molar-refractivity contribution in [3.8, 4) is 0 Å². The van der Waals surface area contributed by atoms with Gasteiger partial charge in [-0.15, -0.1) is 0 Å². The lowest BCUT2D eigenvalue weighted by molar-refractivity contribution is -0.117. The van der Waals surface area contributed by atoms with Crippen LogP contribution < -0.4 is 10.2 Å². The number of hydrogen-bond acceptors (Lipinski definition) is 2. The fourth-order valence-electron chi connectivity index (χ4n) is 4.02. The van der Waals surface area contributed by atoms with Crippen molar-refractivity contribution in [2.45, 2.75) is 26.3 Å². The predicted octanol–water partition coefficient (Wildman–Crippen LogP) is 5.47. The lowest BCUT2D eigenvalue weighted by Gasteiger charge is -2.25. The van der Waals surface area contributed by atoms with Gasteiger partial charge in [0.15, 0.2) is 0 Å². The van der Waals surface area contributed by atoms with Crippen LogP contribution in [0, 0.1) is 0 Å². The Balaban J connectivity index is 1.77. The molecular weight excluding hydrogens is 372 g/mol. The summed E-state index contributed by atoms with van der Waals surface area (Å²) in [6, 6.07) is 24.1. The average Bonchev–Trinajstić information content (AvgIpc) is 3.11. The van der Waals surface area contributed by atoms with Gasteiger partial charge in [0.05, 0.1) is 11.7 Å². The van der Waals surface area contributed by atoms with E-state index in [-0.39, 0.29) is 17.9 Å². The number of benzene rings is 3.